The predicted molar refractivity (Wildman–Crippen MR) is 135 cm³/mol. The third-order valence-corrected chi connectivity index (χ3v) is 5.60. The molecule has 0 bridgehead atoms. The van der Waals surface area contributed by atoms with Crippen LogP contribution < -0.4 is 5.32 Å². The highest BCUT2D eigenvalue weighted by atomic mass is 19.1. The van der Waals surface area contributed by atoms with Gasteiger partial charge in [0.2, 0.25) is 5.91 Å². The van der Waals surface area contributed by atoms with Gasteiger partial charge >= 0.3 is 5.97 Å². The van der Waals surface area contributed by atoms with E-state index in [1.54, 1.807) is 12.1 Å². The minimum atomic E-state index is -0.716. The van der Waals surface area contributed by atoms with Gasteiger partial charge in [-0.05, 0) is 72.8 Å². The maximum absolute atomic E-state index is 13.8. The van der Waals surface area contributed by atoms with Gasteiger partial charge in [-0.1, -0.05) is 36.4 Å². The van der Waals surface area contributed by atoms with Crippen molar-refractivity contribution < 1.29 is 18.7 Å². The monoisotopic (exact) mass is 471 g/mol. The van der Waals surface area contributed by atoms with Crippen molar-refractivity contribution in [2.24, 2.45) is 4.99 Å². The summed E-state index contributed by atoms with van der Waals surface area (Å²) in [6.07, 6.45) is 2.97. The second-order valence-electron chi connectivity index (χ2n) is 8.54. The van der Waals surface area contributed by atoms with Crippen LogP contribution in [0.25, 0.3) is 6.08 Å². The summed E-state index contributed by atoms with van der Waals surface area (Å²) in [5.41, 5.74) is 4.94. The molecule has 1 heterocycles. The summed E-state index contributed by atoms with van der Waals surface area (Å²) in [6, 6.07) is 19.5. The minimum absolute atomic E-state index is 0.274. The van der Waals surface area contributed by atoms with Crippen molar-refractivity contribution in [3.63, 3.8) is 0 Å². The summed E-state index contributed by atoms with van der Waals surface area (Å²) in [4.78, 5) is 31.6. The van der Waals surface area contributed by atoms with E-state index in [0.717, 1.165) is 17.7 Å². The van der Waals surface area contributed by atoms with Gasteiger partial charge in [-0.2, -0.15) is 0 Å². The molecule has 4 rings (SSSR count). The smallest absolute Gasteiger partial charge is 0.330 e. The van der Waals surface area contributed by atoms with Gasteiger partial charge in [-0.15, -0.1) is 0 Å². The number of methoxy groups -OCH3 is 1. The zero-order chi connectivity index (χ0) is 24.9. The van der Waals surface area contributed by atoms with Crippen LogP contribution in [0.3, 0.4) is 0 Å². The lowest BCUT2D eigenvalue weighted by Crippen LogP contribution is -2.22. The third-order valence-electron chi connectivity index (χ3n) is 5.60. The first-order chi connectivity index (χ1) is 16.8. The fraction of sp³-hybridized carbons (Fsp3) is 0.179. The highest BCUT2D eigenvalue weighted by Gasteiger charge is 2.35. The number of benzene rings is 3. The number of nitrogens with one attached hydrogen (secondary N) is 1. The van der Waals surface area contributed by atoms with E-state index in [1.807, 2.05) is 62.6 Å². The molecule has 178 valence electrons. The lowest BCUT2D eigenvalue weighted by Gasteiger charge is -2.15. The molecule has 0 spiro atoms. The molecule has 1 aliphatic heterocycles. The Morgan fingerprint density at radius 1 is 1.11 bits per heavy atom. The Balaban J connectivity index is 1.80. The van der Waals surface area contributed by atoms with E-state index in [2.05, 4.69) is 15.0 Å². The number of amides is 1. The molecular formula is C28H26FN3O3. The molecule has 3 aromatic carbocycles. The normalized spacial score (nSPS) is 15.4. The molecule has 6 nitrogen and oxygen atoms in total. The van der Waals surface area contributed by atoms with Crippen molar-refractivity contribution in [2.45, 2.75) is 12.5 Å². The van der Waals surface area contributed by atoms with Gasteiger partial charge in [-0.25, -0.2) is 9.18 Å². The van der Waals surface area contributed by atoms with E-state index in [1.165, 1.54) is 25.3 Å². The Labute approximate surface area is 203 Å². The molecule has 0 radical (unpaired) electrons. The number of nitrogens with zero attached hydrogens (tertiary/aromatic N) is 2. The van der Waals surface area contributed by atoms with E-state index in [0.29, 0.717) is 28.2 Å². The zero-order valence-corrected chi connectivity index (χ0v) is 19.8. The second-order valence-corrected chi connectivity index (χ2v) is 8.54. The van der Waals surface area contributed by atoms with Gasteiger partial charge in [0, 0.05) is 18.3 Å². The molecule has 3 aromatic rings. The molecular weight excluding hydrogens is 445 g/mol. The fourth-order valence-electron chi connectivity index (χ4n) is 4.02. The number of halogens is 1. The average molecular weight is 472 g/mol. The summed E-state index contributed by atoms with van der Waals surface area (Å²) in [6.45, 7) is 0.801. The SMILES string of the molecule is COC(=O)C=Cc1cccc(C(=Nc2ccc(CN(C)C)cc2)C2C(=O)Nc3cc(F)ccc32)c1. The molecule has 1 amide bonds. The summed E-state index contributed by atoms with van der Waals surface area (Å²) in [5, 5.41) is 2.78. The van der Waals surface area contributed by atoms with E-state index < -0.39 is 17.7 Å². The predicted octanol–water partition coefficient (Wildman–Crippen LogP) is 4.93. The number of ether oxygens (including phenoxy) is 1. The summed E-state index contributed by atoms with van der Waals surface area (Å²) < 4.78 is 18.5. The fourth-order valence-corrected chi connectivity index (χ4v) is 4.02. The third kappa shape index (κ3) is 5.70. The van der Waals surface area contributed by atoms with Crippen molar-refractivity contribution in [1.82, 2.24) is 4.90 Å². The maximum atomic E-state index is 13.8. The average Bonchev–Trinajstić information content (AvgIpc) is 3.16. The van der Waals surface area contributed by atoms with Crippen LogP contribution in [0, 0.1) is 5.82 Å². The molecule has 35 heavy (non-hydrogen) atoms. The summed E-state index contributed by atoms with van der Waals surface area (Å²) in [5.74, 6) is -1.88. The number of hydrogen-bond donors (Lipinski definition) is 1. The van der Waals surface area contributed by atoms with Gasteiger partial charge in [0.25, 0.3) is 0 Å². The van der Waals surface area contributed by atoms with Crippen LogP contribution in [0.4, 0.5) is 15.8 Å². The Morgan fingerprint density at radius 2 is 1.89 bits per heavy atom. The number of esters is 1. The van der Waals surface area contributed by atoms with E-state index in [-0.39, 0.29) is 5.91 Å². The first kappa shape index (κ1) is 24.0. The van der Waals surface area contributed by atoms with Crippen molar-refractivity contribution in [1.29, 1.82) is 0 Å². The number of carbonyl (C=O) groups is 2. The quantitative estimate of drug-likeness (QED) is 0.301. The Morgan fingerprint density at radius 3 is 2.60 bits per heavy atom. The highest BCUT2D eigenvalue weighted by molar-refractivity contribution is 6.24. The number of aliphatic imine (C=N–C) groups is 1. The van der Waals surface area contributed by atoms with Crippen LogP contribution in [0.5, 0.6) is 0 Å². The molecule has 1 N–H and O–H groups in total. The number of anilines is 1. The molecule has 0 aromatic heterocycles. The highest BCUT2D eigenvalue weighted by Crippen LogP contribution is 2.37. The van der Waals surface area contributed by atoms with Crippen molar-refractivity contribution in [3.8, 4) is 0 Å². The Kier molecular flexibility index (Phi) is 7.17. The van der Waals surface area contributed by atoms with Crippen molar-refractivity contribution in [2.75, 3.05) is 26.5 Å². The van der Waals surface area contributed by atoms with Gasteiger partial charge in [-0.3, -0.25) is 9.79 Å². The van der Waals surface area contributed by atoms with E-state index >= 15 is 0 Å². The Bertz CT molecular complexity index is 1310. The van der Waals surface area contributed by atoms with E-state index in [9.17, 15) is 14.0 Å². The van der Waals surface area contributed by atoms with Crippen LogP contribution in [0.1, 0.15) is 28.2 Å². The van der Waals surface area contributed by atoms with Crippen molar-refractivity contribution in [3.05, 3.63) is 101 Å². The molecule has 0 aliphatic carbocycles. The van der Waals surface area contributed by atoms with Gasteiger partial charge in [0.1, 0.15) is 11.7 Å². The molecule has 0 fully saturated rings. The number of rotatable bonds is 7. The molecule has 1 aliphatic rings. The first-order valence-electron chi connectivity index (χ1n) is 11.1. The number of carbonyl (C=O) groups excluding carboxylic acids is 2. The van der Waals surface area contributed by atoms with E-state index in [4.69, 9.17) is 4.99 Å². The standard InChI is InChI=1S/C28H26FN3O3/c1-32(2)17-19-7-11-22(12-8-19)30-27(20-6-4-5-18(15-20)9-14-25(33)35-3)26-23-13-10-21(29)16-24(23)31-28(26)34/h4-16,26H,17H2,1-3H3,(H,31,34). The van der Waals surface area contributed by atoms with Crippen LogP contribution in [-0.2, 0) is 20.9 Å². The molecule has 1 unspecified atom stereocenters. The van der Waals surface area contributed by atoms with Crippen LogP contribution in [0.2, 0.25) is 0 Å². The van der Waals surface area contributed by atoms with Crippen molar-refractivity contribution >= 4 is 35.0 Å². The Hall–Kier alpha value is -4.10. The summed E-state index contributed by atoms with van der Waals surface area (Å²) >= 11 is 0. The summed E-state index contributed by atoms with van der Waals surface area (Å²) in [7, 11) is 5.33. The van der Waals surface area contributed by atoms with Crippen LogP contribution in [0.15, 0.2) is 77.8 Å². The topological polar surface area (TPSA) is 71.0 Å². The molecule has 1 atom stereocenters. The van der Waals surface area contributed by atoms with Gasteiger partial charge in [0.05, 0.1) is 18.5 Å². The first-order valence-corrected chi connectivity index (χ1v) is 11.1. The lowest BCUT2D eigenvalue weighted by atomic mass is 9.90. The zero-order valence-electron chi connectivity index (χ0n) is 19.8. The van der Waals surface area contributed by atoms with Crippen LogP contribution in [-0.4, -0.2) is 43.7 Å². The maximum Gasteiger partial charge on any atom is 0.330 e. The molecule has 0 saturated heterocycles. The number of fused-ring (bicyclic) bond motifs is 1. The van der Waals surface area contributed by atoms with Crippen LogP contribution >= 0.6 is 0 Å². The minimum Gasteiger partial charge on any atom is -0.466 e. The second kappa shape index (κ2) is 10.4. The molecule has 0 saturated carbocycles. The lowest BCUT2D eigenvalue weighted by molar-refractivity contribution is -0.134. The largest absolute Gasteiger partial charge is 0.466 e. The van der Waals surface area contributed by atoms with Gasteiger partial charge in [0.15, 0.2) is 0 Å². The number of hydrogen-bond acceptors (Lipinski definition) is 5. The van der Waals surface area contributed by atoms with Gasteiger partial charge < -0.3 is 15.0 Å². The molecule has 7 heteroatoms.